The first-order valence-electron chi connectivity index (χ1n) is 5.89. The van der Waals surface area contributed by atoms with Crippen LogP contribution in [0.1, 0.15) is 20.3 Å². The van der Waals surface area contributed by atoms with Gasteiger partial charge in [-0.2, -0.15) is 25.3 Å². The molecule has 4 N–H and O–H groups in total. The maximum absolute atomic E-state index is 11.9. The SMILES string of the molecule is CC(C)(CS)C(=O)N[C@@H](CS)C(=O)NCCCN. The van der Waals surface area contributed by atoms with Crippen LogP contribution >= 0.6 is 25.3 Å². The minimum atomic E-state index is -0.627. The van der Waals surface area contributed by atoms with Gasteiger partial charge in [-0.15, -0.1) is 0 Å². The molecule has 0 aromatic rings. The molecular weight excluding hydrogens is 270 g/mol. The first-order valence-corrected chi connectivity index (χ1v) is 7.16. The van der Waals surface area contributed by atoms with E-state index in [2.05, 4.69) is 35.9 Å². The van der Waals surface area contributed by atoms with Gasteiger partial charge in [0.05, 0.1) is 5.41 Å². The third kappa shape index (κ3) is 5.97. The molecule has 5 nitrogen and oxygen atoms in total. The zero-order chi connectivity index (χ0) is 14.2. The topological polar surface area (TPSA) is 84.2 Å². The normalized spacial score (nSPS) is 12.9. The van der Waals surface area contributed by atoms with Crippen molar-refractivity contribution in [3.8, 4) is 0 Å². The maximum atomic E-state index is 11.9. The van der Waals surface area contributed by atoms with Crippen molar-refractivity contribution in [1.82, 2.24) is 10.6 Å². The fourth-order valence-corrected chi connectivity index (χ4v) is 1.46. The highest BCUT2D eigenvalue weighted by molar-refractivity contribution is 7.80. The monoisotopic (exact) mass is 293 g/mol. The van der Waals surface area contributed by atoms with Crippen LogP contribution in [0.4, 0.5) is 0 Å². The van der Waals surface area contributed by atoms with Crippen LogP contribution in [0.2, 0.25) is 0 Å². The summed E-state index contributed by atoms with van der Waals surface area (Å²) in [5.74, 6) is 0.225. The molecule has 2 amide bonds. The zero-order valence-electron chi connectivity index (χ0n) is 10.9. The van der Waals surface area contributed by atoms with Gasteiger partial charge in [-0.05, 0) is 13.0 Å². The molecular formula is C11H23N3O2S2. The molecule has 0 radical (unpaired) electrons. The fourth-order valence-electron chi connectivity index (χ4n) is 1.06. The van der Waals surface area contributed by atoms with Crippen molar-refractivity contribution >= 4 is 37.1 Å². The zero-order valence-corrected chi connectivity index (χ0v) is 12.7. The average Bonchev–Trinajstić information content (AvgIpc) is 2.35. The van der Waals surface area contributed by atoms with Gasteiger partial charge in [-0.1, -0.05) is 13.8 Å². The Balaban J connectivity index is 4.34. The molecule has 7 heteroatoms. The number of nitrogens with two attached hydrogens (primary N) is 1. The summed E-state index contributed by atoms with van der Waals surface area (Å²) in [5, 5.41) is 5.38. The average molecular weight is 293 g/mol. The summed E-state index contributed by atoms with van der Waals surface area (Å²) in [5.41, 5.74) is 4.73. The second kappa shape index (κ2) is 8.66. The Morgan fingerprint density at radius 3 is 2.39 bits per heavy atom. The molecule has 0 aromatic carbocycles. The van der Waals surface area contributed by atoms with Crippen LogP contribution in [0.3, 0.4) is 0 Å². The molecule has 0 aromatic heterocycles. The van der Waals surface area contributed by atoms with Crippen LogP contribution in [-0.4, -0.2) is 42.5 Å². The van der Waals surface area contributed by atoms with Crippen LogP contribution < -0.4 is 16.4 Å². The molecule has 0 unspecified atom stereocenters. The highest BCUT2D eigenvalue weighted by Gasteiger charge is 2.29. The standard InChI is InChI=1S/C11H23N3O2S2/c1-11(2,7-18)10(16)14-8(6-17)9(15)13-5-3-4-12/h8,17-18H,3-7,12H2,1-2H3,(H,13,15)(H,14,16)/t8-/m0/s1. The second-order valence-corrected chi connectivity index (χ2v) is 5.37. The molecule has 0 bridgehead atoms. The van der Waals surface area contributed by atoms with Crippen molar-refractivity contribution in [2.45, 2.75) is 26.3 Å². The summed E-state index contributed by atoms with van der Waals surface area (Å²) >= 11 is 8.20. The number of carbonyl (C=O) groups excluding carboxylic acids is 2. The molecule has 0 spiro atoms. The van der Waals surface area contributed by atoms with Crippen LogP contribution in [0, 0.1) is 5.41 Å². The van der Waals surface area contributed by atoms with Crippen LogP contribution in [0.5, 0.6) is 0 Å². The Kier molecular flexibility index (Phi) is 8.47. The van der Waals surface area contributed by atoms with Gasteiger partial charge in [0.15, 0.2) is 0 Å². The predicted octanol–water partition coefficient (Wildman–Crippen LogP) is -0.178. The Morgan fingerprint density at radius 2 is 1.94 bits per heavy atom. The maximum Gasteiger partial charge on any atom is 0.243 e. The van der Waals surface area contributed by atoms with E-state index in [1.165, 1.54) is 0 Å². The van der Waals surface area contributed by atoms with Gasteiger partial charge in [0.2, 0.25) is 11.8 Å². The van der Waals surface area contributed by atoms with Crippen molar-refractivity contribution < 1.29 is 9.59 Å². The lowest BCUT2D eigenvalue weighted by molar-refractivity contribution is -0.132. The van der Waals surface area contributed by atoms with Gasteiger partial charge in [0, 0.05) is 18.1 Å². The van der Waals surface area contributed by atoms with Crippen molar-refractivity contribution in [1.29, 1.82) is 0 Å². The molecule has 0 heterocycles. The number of amides is 2. The Hall–Kier alpha value is -0.400. The van der Waals surface area contributed by atoms with E-state index in [0.29, 0.717) is 25.3 Å². The second-order valence-electron chi connectivity index (χ2n) is 4.68. The van der Waals surface area contributed by atoms with Crippen molar-refractivity contribution in [2.24, 2.45) is 11.1 Å². The van der Waals surface area contributed by atoms with Gasteiger partial charge in [0.25, 0.3) is 0 Å². The van der Waals surface area contributed by atoms with E-state index in [-0.39, 0.29) is 17.6 Å². The molecule has 0 aliphatic rings. The Labute approximate surface area is 119 Å². The van der Waals surface area contributed by atoms with E-state index < -0.39 is 11.5 Å². The fraction of sp³-hybridized carbons (Fsp3) is 0.818. The lowest BCUT2D eigenvalue weighted by atomic mass is 9.95. The smallest absolute Gasteiger partial charge is 0.243 e. The molecule has 106 valence electrons. The summed E-state index contributed by atoms with van der Waals surface area (Å²) in [6, 6.07) is -0.627. The minimum Gasteiger partial charge on any atom is -0.354 e. The number of rotatable bonds is 8. The lowest BCUT2D eigenvalue weighted by Crippen LogP contribution is -2.52. The summed E-state index contributed by atoms with van der Waals surface area (Å²) in [6.45, 7) is 4.57. The van der Waals surface area contributed by atoms with Crippen LogP contribution in [-0.2, 0) is 9.59 Å². The molecule has 0 aliphatic heterocycles. The van der Waals surface area contributed by atoms with Crippen molar-refractivity contribution in [2.75, 3.05) is 24.6 Å². The van der Waals surface area contributed by atoms with Gasteiger partial charge in [-0.25, -0.2) is 0 Å². The largest absolute Gasteiger partial charge is 0.354 e. The van der Waals surface area contributed by atoms with Gasteiger partial charge in [0.1, 0.15) is 6.04 Å². The van der Waals surface area contributed by atoms with Crippen molar-refractivity contribution in [3.05, 3.63) is 0 Å². The Bertz CT molecular complexity index is 285. The molecule has 0 aliphatic carbocycles. The van der Waals surface area contributed by atoms with Gasteiger partial charge in [-0.3, -0.25) is 9.59 Å². The number of carbonyl (C=O) groups is 2. The lowest BCUT2D eigenvalue weighted by Gasteiger charge is -2.24. The third-order valence-electron chi connectivity index (χ3n) is 2.49. The first kappa shape index (κ1) is 17.6. The highest BCUT2D eigenvalue weighted by atomic mass is 32.1. The molecule has 0 rings (SSSR count). The summed E-state index contributed by atoms with van der Waals surface area (Å²) in [6.07, 6.45) is 0.709. The highest BCUT2D eigenvalue weighted by Crippen LogP contribution is 2.16. The predicted molar refractivity (Wildman–Crippen MR) is 80.1 cm³/mol. The number of thiol groups is 2. The van der Waals surface area contributed by atoms with Gasteiger partial charge >= 0.3 is 0 Å². The van der Waals surface area contributed by atoms with E-state index in [1.54, 1.807) is 13.8 Å². The van der Waals surface area contributed by atoms with E-state index >= 15 is 0 Å². The quantitative estimate of drug-likeness (QED) is 0.318. The number of hydrogen-bond acceptors (Lipinski definition) is 5. The first-order chi connectivity index (χ1) is 8.38. The third-order valence-corrected chi connectivity index (χ3v) is 3.65. The van der Waals surface area contributed by atoms with Gasteiger partial charge < -0.3 is 16.4 Å². The van der Waals surface area contributed by atoms with E-state index in [9.17, 15) is 9.59 Å². The summed E-state index contributed by atoms with van der Waals surface area (Å²) < 4.78 is 0. The van der Waals surface area contributed by atoms with E-state index in [0.717, 1.165) is 0 Å². The van der Waals surface area contributed by atoms with Crippen LogP contribution in [0.25, 0.3) is 0 Å². The number of nitrogens with one attached hydrogen (secondary N) is 2. The number of hydrogen-bond donors (Lipinski definition) is 5. The molecule has 0 fully saturated rings. The summed E-state index contributed by atoms with van der Waals surface area (Å²) in [7, 11) is 0. The summed E-state index contributed by atoms with van der Waals surface area (Å²) in [4.78, 5) is 23.7. The molecule has 0 saturated carbocycles. The molecule has 18 heavy (non-hydrogen) atoms. The van der Waals surface area contributed by atoms with Crippen LogP contribution in [0.15, 0.2) is 0 Å². The van der Waals surface area contributed by atoms with E-state index in [4.69, 9.17) is 5.73 Å². The Morgan fingerprint density at radius 1 is 1.33 bits per heavy atom. The van der Waals surface area contributed by atoms with Crippen molar-refractivity contribution in [3.63, 3.8) is 0 Å². The van der Waals surface area contributed by atoms with E-state index in [1.807, 2.05) is 0 Å². The molecule has 0 saturated heterocycles. The molecule has 1 atom stereocenters. The minimum absolute atomic E-state index is 0.203.